The topological polar surface area (TPSA) is 55.2 Å². The minimum absolute atomic E-state index is 0.110. The number of ether oxygens (including phenoxy) is 1. The predicted molar refractivity (Wildman–Crippen MR) is 135 cm³/mol. The third-order valence-corrected chi connectivity index (χ3v) is 6.05. The number of aryl methyl sites for hydroxylation is 1. The minimum atomic E-state index is -0.110. The molecule has 1 unspecified atom stereocenters. The lowest BCUT2D eigenvalue weighted by molar-refractivity contribution is 0.306. The van der Waals surface area contributed by atoms with Gasteiger partial charge in [0, 0.05) is 41.4 Å². The first-order valence-electron chi connectivity index (χ1n) is 11.4. The lowest BCUT2D eigenvalue weighted by atomic mass is 9.86. The summed E-state index contributed by atoms with van der Waals surface area (Å²) in [6.07, 6.45) is 4.19. The van der Waals surface area contributed by atoms with Crippen LogP contribution in [0.15, 0.2) is 103 Å². The molecule has 5 rings (SSSR count). The molecule has 0 fully saturated rings. The summed E-state index contributed by atoms with van der Waals surface area (Å²) < 4.78 is 6.10. The van der Waals surface area contributed by atoms with E-state index in [0.717, 1.165) is 39.1 Å². The summed E-state index contributed by atoms with van der Waals surface area (Å²) in [5.41, 5.74) is 5.74. The van der Waals surface area contributed by atoms with E-state index in [1.54, 1.807) is 6.20 Å². The number of hydrogen-bond donors (Lipinski definition) is 1. The first-order valence-corrected chi connectivity index (χ1v) is 11.4. The number of nitrogens with zero attached hydrogens (tertiary/aromatic N) is 2. The highest BCUT2D eigenvalue weighted by Crippen LogP contribution is 2.38. The van der Waals surface area contributed by atoms with Crippen LogP contribution in [-0.4, -0.2) is 15.1 Å². The van der Waals surface area contributed by atoms with E-state index in [4.69, 9.17) is 4.74 Å². The molecule has 3 aromatic carbocycles. The second-order valence-electron chi connectivity index (χ2n) is 8.51. The van der Waals surface area contributed by atoms with Crippen molar-refractivity contribution in [3.05, 3.63) is 131 Å². The molecule has 4 heteroatoms. The van der Waals surface area contributed by atoms with E-state index < -0.39 is 0 Å². The summed E-state index contributed by atoms with van der Waals surface area (Å²) in [7, 11) is 0. The monoisotopic (exact) mass is 446 g/mol. The smallest absolute Gasteiger partial charge is 0.145 e. The van der Waals surface area contributed by atoms with Crippen molar-refractivity contribution in [3.8, 4) is 11.5 Å². The average molecular weight is 447 g/mol. The van der Waals surface area contributed by atoms with E-state index in [-0.39, 0.29) is 11.7 Å². The van der Waals surface area contributed by atoms with Crippen LogP contribution in [0, 0.1) is 6.92 Å². The van der Waals surface area contributed by atoms with Crippen LogP contribution >= 0.6 is 0 Å². The molecule has 0 saturated heterocycles. The van der Waals surface area contributed by atoms with Gasteiger partial charge >= 0.3 is 0 Å². The van der Waals surface area contributed by atoms with Gasteiger partial charge in [-0.1, -0.05) is 60.7 Å². The number of fused-ring (bicyclic) bond motifs is 1. The van der Waals surface area contributed by atoms with Crippen LogP contribution in [0.3, 0.4) is 0 Å². The maximum absolute atomic E-state index is 11.2. The molecule has 0 aliphatic carbocycles. The van der Waals surface area contributed by atoms with Gasteiger partial charge in [0.1, 0.15) is 23.6 Å². The molecule has 0 aliphatic rings. The molecule has 1 atom stereocenters. The zero-order valence-corrected chi connectivity index (χ0v) is 19.1. The van der Waals surface area contributed by atoms with Gasteiger partial charge in [0.05, 0.1) is 0 Å². The van der Waals surface area contributed by atoms with Crippen molar-refractivity contribution in [1.29, 1.82) is 0 Å². The molecule has 0 amide bonds. The Kier molecular flexibility index (Phi) is 6.21. The first-order chi connectivity index (χ1) is 16.7. The zero-order valence-electron chi connectivity index (χ0n) is 19.1. The van der Waals surface area contributed by atoms with E-state index in [2.05, 4.69) is 47.2 Å². The molecule has 2 aromatic heterocycles. The second kappa shape index (κ2) is 9.75. The number of phenols is 1. The average Bonchev–Trinajstić information content (AvgIpc) is 2.88. The quantitative estimate of drug-likeness (QED) is 0.306. The molecule has 168 valence electrons. The zero-order chi connectivity index (χ0) is 23.3. The van der Waals surface area contributed by atoms with Crippen molar-refractivity contribution in [1.82, 2.24) is 9.97 Å². The Bertz CT molecular complexity index is 1420. The second-order valence-corrected chi connectivity index (χ2v) is 8.51. The number of rotatable bonds is 7. The summed E-state index contributed by atoms with van der Waals surface area (Å²) in [6.45, 7) is 2.56. The highest BCUT2D eigenvalue weighted by Gasteiger charge is 2.21. The standard InChI is InChI=1S/C30H26N2O2/c1-21-14-16-31-25(17-21)19-28(27-13-12-23-10-6-15-32-29(23)30(27)33)24-9-5-11-26(18-24)34-20-22-7-3-2-4-8-22/h2-18,28,33H,19-20H2,1H3. The fourth-order valence-electron chi connectivity index (χ4n) is 4.32. The third kappa shape index (κ3) is 4.76. The van der Waals surface area contributed by atoms with Crippen LogP contribution in [-0.2, 0) is 13.0 Å². The van der Waals surface area contributed by atoms with Gasteiger partial charge < -0.3 is 9.84 Å². The van der Waals surface area contributed by atoms with Crippen molar-refractivity contribution in [3.63, 3.8) is 0 Å². The van der Waals surface area contributed by atoms with Crippen LogP contribution in [0.1, 0.15) is 33.9 Å². The number of aromatic hydroxyl groups is 1. The molecule has 2 heterocycles. The molecule has 0 bridgehead atoms. The molecule has 0 spiro atoms. The van der Waals surface area contributed by atoms with Gasteiger partial charge in [0.15, 0.2) is 0 Å². The predicted octanol–water partition coefficient (Wildman–Crippen LogP) is 6.60. The van der Waals surface area contributed by atoms with E-state index in [1.165, 1.54) is 0 Å². The first kappa shape index (κ1) is 21.7. The summed E-state index contributed by atoms with van der Waals surface area (Å²) in [5, 5.41) is 12.1. The van der Waals surface area contributed by atoms with Gasteiger partial charge in [-0.15, -0.1) is 0 Å². The molecule has 5 aromatic rings. The molecule has 34 heavy (non-hydrogen) atoms. The summed E-state index contributed by atoms with van der Waals surface area (Å²) >= 11 is 0. The SMILES string of the molecule is Cc1ccnc(CC(c2cccc(OCc3ccccc3)c2)c2ccc3cccnc3c2O)c1. The lowest BCUT2D eigenvalue weighted by Gasteiger charge is -2.21. The highest BCUT2D eigenvalue weighted by atomic mass is 16.5. The normalized spacial score (nSPS) is 11.9. The molecular formula is C30H26N2O2. The Morgan fingerprint density at radius 3 is 2.56 bits per heavy atom. The number of aromatic nitrogens is 2. The van der Waals surface area contributed by atoms with Crippen LogP contribution < -0.4 is 4.74 Å². The third-order valence-electron chi connectivity index (χ3n) is 6.05. The van der Waals surface area contributed by atoms with E-state index >= 15 is 0 Å². The summed E-state index contributed by atoms with van der Waals surface area (Å²) in [4.78, 5) is 9.02. The summed E-state index contributed by atoms with van der Waals surface area (Å²) in [5.74, 6) is 0.897. The Hall–Kier alpha value is -4.18. The Morgan fingerprint density at radius 2 is 1.71 bits per heavy atom. The van der Waals surface area contributed by atoms with Gasteiger partial charge in [-0.2, -0.15) is 0 Å². The Balaban J connectivity index is 1.53. The van der Waals surface area contributed by atoms with E-state index in [9.17, 15) is 5.11 Å². The fourth-order valence-corrected chi connectivity index (χ4v) is 4.32. The van der Waals surface area contributed by atoms with Crippen LogP contribution in [0.25, 0.3) is 10.9 Å². The molecule has 0 radical (unpaired) electrons. The highest BCUT2D eigenvalue weighted by molar-refractivity contribution is 5.85. The van der Waals surface area contributed by atoms with E-state index in [1.807, 2.05) is 66.9 Å². The van der Waals surface area contributed by atoms with Gasteiger partial charge in [0.25, 0.3) is 0 Å². The number of phenolic OH excluding ortho intramolecular Hbond substituents is 1. The van der Waals surface area contributed by atoms with Crippen molar-refractivity contribution < 1.29 is 9.84 Å². The van der Waals surface area contributed by atoms with Crippen molar-refractivity contribution in [2.75, 3.05) is 0 Å². The number of hydrogen-bond acceptors (Lipinski definition) is 4. The lowest BCUT2D eigenvalue weighted by Crippen LogP contribution is -2.08. The van der Waals surface area contributed by atoms with Gasteiger partial charge in [-0.3, -0.25) is 9.97 Å². The maximum atomic E-state index is 11.2. The molecule has 4 nitrogen and oxygen atoms in total. The molecule has 0 aliphatic heterocycles. The molecular weight excluding hydrogens is 420 g/mol. The maximum Gasteiger partial charge on any atom is 0.145 e. The van der Waals surface area contributed by atoms with Gasteiger partial charge in [-0.25, -0.2) is 0 Å². The van der Waals surface area contributed by atoms with Gasteiger partial charge in [-0.05, 0) is 53.9 Å². The molecule has 0 saturated carbocycles. The fraction of sp³-hybridized carbons (Fsp3) is 0.133. The Labute approximate surface area is 199 Å². The van der Waals surface area contributed by atoms with Crippen molar-refractivity contribution in [2.45, 2.75) is 25.9 Å². The van der Waals surface area contributed by atoms with Crippen LogP contribution in [0.2, 0.25) is 0 Å². The largest absolute Gasteiger partial charge is 0.505 e. The Morgan fingerprint density at radius 1 is 0.824 bits per heavy atom. The van der Waals surface area contributed by atoms with Crippen LogP contribution in [0.4, 0.5) is 0 Å². The summed E-state index contributed by atoms with van der Waals surface area (Å²) in [6, 6.07) is 30.2. The molecule has 1 N–H and O–H groups in total. The van der Waals surface area contributed by atoms with Crippen molar-refractivity contribution in [2.24, 2.45) is 0 Å². The van der Waals surface area contributed by atoms with Crippen LogP contribution in [0.5, 0.6) is 11.5 Å². The van der Waals surface area contributed by atoms with E-state index in [0.29, 0.717) is 18.5 Å². The van der Waals surface area contributed by atoms with Crippen molar-refractivity contribution >= 4 is 10.9 Å². The minimum Gasteiger partial charge on any atom is -0.505 e. The number of pyridine rings is 2. The van der Waals surface area contributed by atoms with Gasteiger partial charge in [0.2, 0.25) is 0 Å². The number of benzene rings is 3.